The second-order valence-electron chi connectivity index (χ2n) is 7.03. The number of aromatic nitrogens is 2. The van der Waals surface area contributed by atoms with E-state index in [0.717, 1.165) is 24.0 Å². The Morgan fingerprint density at radius 3 is 2.71 bits per heavy atom. The standard InChI is InChI=1S/C22H22FN3O2/c23-17-12-10-16(11-13-17)20(27)8-5-15-25-14-4-3-9-21(25)26-19-7-2-1-6-18(19)24-22(26)28/h1-4,6-7,10-13,21H,5,8-9,14-15H2,(H,24,28). The molecule has 0 saturated heterocycles. The molecule has 28 heavy (non-hydrogen) atoms. The van der Waals surface area contributed by atoms with Crippen molar-refractivity contribution in [3.05, 3.63) is 82.5 Å². The van der Waals surface area contributed by atoms with Crippen LogP contribution < -0.4 is 5.69 Å². The minimum absolute atomic E-state index is 0.00774. The molecule has 0 amide bonds. The number of aromatic amines is 1. The Hall–Kier alpha value is -2.99. The molecule has 2 heterocycles. The number of para-hydroxylation sites is 2. The number of benzene rings is 2. The summed E-state index contributed by atoms with van der Waals surface area (Å²) in [6.45, 7) is 1.44. The zero-order chi connectivity index (χ0) is 19.5. The molecule has 6 heteroatoms. The van der Waals surface area contributed by atoms with Gasteiger partial charge in [0.1, 0.15) is 5.82 Å². The van der Waals surface area contributed by atoms with Crippen LogP contribution in [0.5, 0.6) is 0 Å². The van der Waals surface area contributed by atoms with E-state index >= 15 is 0 Å². The van der Waals surface area contributed by atoms with Gasteiger partial charge in [0.15, 0.2) is 5.78 Å². The first kappa shape index (κ1) is 18.4. The number of fused-ring (bicyclic) bond motifs is 1. The highest BCUT2D eigenvalue weighted by atomic mass is 19.1. The minimum atomic E-state index is -0.344. The Morgan fingerprint density at radius 1 is 1.11 bits per heavy atom. The molecule has 1 atom stereocenters. The van der Waals surface area contributed by atoms with E-state index in [1.54, 1.807) is 4.57 Å². The molecule has 3 aromatic rings. The van der Waals surface area contributed by atoms with Gasteiger partial charge in [0.05, 0.1) is 17.2 Å². The minimum Gasteiger partial charge on any atom is -0.305 e. The summed E-state index contributed by atoms with van der Waals surface area (Å²) in [6.07, 6.45) is 5.93. The van der Waals surface area contributed by atoms with Gasteiger partial charge in [0, 0.05) is 25.1 Å². The molecule has 1 unspecified atom stereocenters. The van der Waals surface area contributed by atoms with Crippen molar-refractivity contribution < 1.29 is 9.18 Å². The monoisotopic (exact) mass is 379 g/mol. The smallest absolute Gasteiger partial charge is 0.305 e. The Kier molecular flexibility index (Phi) is 5.21. The van der Waals surface area contributed by atoms with Gasteiger partial charge in [0.2, 0.25) is 0 Å². The van der Waals surface area contributed by atoms with Gasteiger partial charge in [-0.15, -0.1) is 0 Å². The molecule has 1 aromatic heterocycles. The van der Waals surface area contributed by atoms with Gasteiger partial charge in [-0.2, -0.15) is 0 Å². The van der Waals surface area contributed by atoms with Crippen LogP contribution in [0.3, 0.4) is 0 Å². The summed E-state index contributed by atoms with van der Waals surface area (Å²) in [7, 11) is 0. The first-order valence-electron chi connectivity index (χ1n) is 9.50. The number of Topliss-reactive ketones (excluding diaryl/α,β-unsaturated/α-hetero) is 1. The van der Waals surface area contributed by atoms with Crippen LogP contribution in [0.15, 0.2) is 65.5 Å². The molecule has 0 aliphatic carbocycles. The number of hydrogen-bond donors (Lipinski definition) is 1. The third kappa shape index (κ3) is 3.68. The van der Waals surface area contributed by atoms with E-state index in [1.165, 1.54) is 24.3 Å². The lowest BCUT2D eigenvalue weighted by molar-refractivity contribution is 0.0961. The second kappa shape index (κ2) is 7.94. The summed E-state index contributed by atoms with van der Waals surface area (Å²) in [6, 6.07) is 13.3. The predicted octanol–water partition coefficient (Wildman–Crippen LogP) is 3.89. The number of H-pyrrole nitrogens is 1. The maximum atomic E-state index is 13.0. The second-order valence-corrected chi connectivity index (χ2v) is 7.03. The van der Waals surface area contributed by atoms with Crippen molar-refractivity contribution in [1.82, 2.24) is 14.5 Å². The van der Waals surface area contributed by atoms with Crippen LogP contribution in [-0.2, 0) is 0 Å². The Balaban J connectivity index is 1.46. The predicted molar refractivity (Wildman–Crippen MR) is 107 cm³/mol. The summed E-state index contributed by atoms with van der Waals surface area (Å²) >= 11 is 0. The molecule has 0 fully saturated rings. The van der Waals surface area contributed by atoms with Crippen LogP contribution in [0.4, 0.5) is 4.39 Å². The van der Waals surface area contributed by atoms with E-state index in [-0.39, 0.29) is 23.5 Å². The summed E-state index contributed by atoms with van der Waals surface area (Å²) in [5, 5.41) is 0. The lowest BCUT2D eigenvalue weighted by Crippen LogP contribution is -2.39. The SMILES string of the molecule is O=C(CCCN1CC=CCC1n1c(=O)[nH]c2ccccc21)c1ccc(F)cc1. The average Bonchev–Trinajstić information content (AvgIpc) is 3.04. The number of halogens is 1. The van der Waals surface area contributed by atoms with Gasteiger partial charge in [-0.25, -0.2) is 9.18 Å². The van der Waals surface area contributed by atoms with E-state index in [2.05, 4.69) is 22.0 Å². The van der Waals surface area contributed by atoms with Crippen molar-refractivity contribution in [3.8, 4) is 0 Å². The molecule has 1 aliphatic heterocycles. The first-order chi connectivity index (χ1) is 13.6. The van der Waals surface area contributed by atoms with E-state index in [1.807, 2.05) is 24.3 Å². The average molecular weight is 379 g/mol. The first-order valence-corrected chi connectivity index (χ1v) is 9.50. The van der Waals surface area contributed by atoms with E-state index < -0.39 is 0 Å². The van der Waals surface area contributed by atoms with Crippen LogP contribution in [0, 0.1) is 5.82 Å². The fraction of sp³-hybridized carbons (Fsp3) is 0.273. The maximum absolute atomic E-state index is 13.0. The summed E-state index contributed by atoms with van der Waals surface area (Å²) in [4.78, 5) is 30.0. The van der Waals surface area contributed by atoms with Crippen molar-refractivity contribution in [2.24, 2.45) is 0 Å². The van der Waals surface area contributed by atoms with Crippen molar-refractivity contribution in [2.75, 3.05) is 13.1 Å². The fourth-order valence-electron chi connectivity index (χ4n) is 3.80. The van der Waals surface area contributed by atoms with Gasteiger partial charge in [-0.05, 0) is 49.2 Å². The maximum Gasteiger partial charge on any atom is 0.327 e. The fourth-order valence-corrected chi connectivity index (χ4v) is 3.80. The zero-order valence-corrected chi connectivity index (χ0v) is 15.5. The number of rotatable bonds is 6. The van der Waals surface area contributed by atoms with Gasteiger partial charge in [-0.3, -0.25) is 14.3 Å². The lowest BCUT2D eigenvalue weighted by Gasteiger charge is -2.33. The van der Waals surface area contributed by atoms with Gasteiger partial charge >= 0.3 is 5.69 Å². The van der Waals surface area contributed by atoms with Crippen LogP contribution in [-0.4, -0.2) is 33.3 Å². The molecule has 0 saturated carbocycles. The zero-order valence-electron chi connectivity index (χ0n) is 15.5. The summed E-state index contributed by atoms with van der Waals surface area (Å²) in [5.74, 6) is -0.336. The van der Waals surface area contributed by atoms with E-state index in [9.17, 15) is 14.0 Å². The van der Waals surface area contributed by atoms with Gasteiger partial charge < -0.3 is 4.98 Å². The molecule has 2 aromatic carbocycles. The number of nitrogens with zero attached hydrogens (tertiary/aromatic N) is 2. The molecular weight excluding hydrogens is 357 g/mol. The van der Waals surface area contributed by atoms with Crippen molar-refractivity contribution in [2.45, 2.75) is 25.4 Å². The Labute approximate surface area is 162 Å². The Bertz CT molecular complexity index is 1070. The van der Waals surface area contributed by atoms with Crippen molar-refractivity contribution in [1.29, 1.82) is 0 Å². The highest BCUT2D eigenvalue weighted by Crippen LogP contribution is 2.25. The van der Waals surface area contributed by atoms with E-state index in [4.69, 9.17) is 0 Å². The molecule has 1 N–H and O–H groups in total. The number of nitrogens with one attached hydrogen (secondary N) is 1. The van der Waals surface area contributed by atoms with Gasteiger partial charge in [0.25, 0.3) is 0 Å². The van der Waals surface area contributed by atoms with Crippen LogP contribution in [0.2, 0.25) is 0 Å². The number of carbonyl (C=O) groups excluding carboxylic acids is 1. The lowest BCUT2D eigenvalue weighted by atomic mass is 10.1. The highest BCUT2D eigenvalue weighted by Gasteiger charge is 2.24. The Morgan fingerprint density at radius 2 is 1.89 bits per heavy atom. The molecular formula is C22H22FN3O2. The van der Waals surface area contributed by atoms with Crippen LogP contribution in [0.1, 0.15) is 35.8 Å². The quantitative estimate of drug-likeness (QED) is 0.522. The molecule has 0 spiro atoms. The third-order valence-electron chi connectivity index (χ3n) is 5.21. The molecule has 0 bridgehead atoms. The van der Waals surface area contributed by atoms with Crippen LogP contribution >= 0.6 is 0 Å². The summed E-state index contributed by atoms with van der Waals surface area (Å²) in [5.41, 5.74) is 2.13. The van der Waals surface area contributed by atoms with Crippen molar-refractivity contribution in [3.63, 3.8) is 0 Å². The molecule has 0 radical (unpaired) electrons. The van der Waals surface area contributed by atoms with Crippen molar-refractivity contribution >= 4 is 16.8 Å². The number of carbonyl (C=O) groups is 1. The largest absolute Gasteiger partial charge is 0.327 e. The number of ketones is 1. The van der Waals surface area contributed by atoms with E-state index in [0.29, 0.717) is 24.9 Å². The number of imidazole rings is 1. The highest BCUT2D eigenvalue weighted by molar-refractivity contribution is 5.95. The molecule has 144 valence electrons. The third-order valence-corrected chi connectivity index (χ3v) is 5.21. The topological polar surface area (TPSA) is 58.1 Å². The summed E-state index contributed by atoms with van der Waals surface area (Å²) < 4.78 is 14.8. The normalized spacial score (nSPS) is 17.2. The van der Waals surface area contributed by atoms with Gasteiger partial charge in [-0.1, -0.05) is 24.3 Å². The molecule has 1 aliphatic rings. The molecule has 4 rings (SSSR count). The number of hydrogen-bond acceptors (Lipinski definition) is 3. The van der Waals surface area contributed by atoms with Crippen LogP contribution in [0.25, 0.3) is 11.0 Å². The molecule has 5 nitrogen and oxygen atoms in total.